The van der Waals surface area contributed by atoms with Crippen LogP contribution in [0.4, 0.5) is 0 Å². The zero-order valence-corrected chi connectivity index (χ0v) is 7.35. The van der Waals surface area contributed by atoms with Gasteiger partial charge in [-0.05, 0) is 17.1 Å². The maximum atomic E-state index is 5.17. The molecule has 0 atom stereocenters. The second-order valence-electron chi connectivity index (χ2n) is 3.74. The summed E-state index contributed by atoms with van der Waals surface area (Å²) >= 11 is 0. The SMILES string of the molecule is C=C1C=CC(C(C)(C)C)=CO1. The first kappa shape index (κ1) is 8.12. The molecule has 0 bridgehead atoms. The molecule has 0 radical (unpaired) electrons. The van der Waals surface area contributed by atoms with Gasteiger partial charge in [0.1, 0.15) is 5.76 Å². The number of hydrogen-bond donors (Lipinski definition) is 0. The third-order valence-corrected chi connectivity index (χ3v) is 1.65. The van der Waals surface area contributed by atoms with E-state index < -0.39 is 0 Å². The van der Waals surface area contributed by atoms with E-state index in [-0.39, 0.29) is 5.41 Å². The molecule has 0 N–H and O–H groups in total. The van der Waals surface area contributed by atoms with Crippen molar-refractivity contribution in [2.45, 2.75) is 20.8 Å². The van der Waals surface area contributed by atoms with Crippen LogP contribution in [0, 0.1) is 5.41 Å². The molecule has 0 aromatic heterocycles. The molecule has 0 aliphatic carbocycles. The Bertz CT molecular complexity index is 226. The molecular weight excluding hydrogens is 136 g/mol. The number of hydrogen-bond acceptors (Lipinski definition) is 1. The van der Waals surface area contributed by atoms with Crippen molar-refractivity contribution in [2.24, 2.45) is 5.41 Å². The van der Waals surface area contributed by atoms with Crippen molar-refractivity contribution in [1.82, 2.24) is 0 Å². The molecule has 0 fully saturated rings. The van der Waals surface area contributed by atoms with E-state index in [1.54, 1.807) is 6.26 Å². The van der Waals surface area contributed by atoms with Crippen LogP contribution in [0.3, 0.4) is 0 Å². The highest BCUT2D eigenvalue weighted by Gasteiger charge is 2.16. The second-order valence-corrected chi connectivity index (χ2v) is 3.74. The van der Waals surface area contributed by atoms with Gasteiger partial charge in [-0.1, -0.05) is 33.4 Å². The van der Waals surface area contributed by atoms with E-state index >= 15 is 0 Å². The zero-order valence-electron chi connectivity index (χ0n) is 7.35. The van der Waals surface area contributed by atoms with Crippen molar-refractivity contribution in [3.8, 4) is 0 Å². The summed E-state index contributed by atoms with van der Waals surface area (Å²) < 4.78 is 5.17. The predicted molar refractivity (Wildman–Crippen MR) is 46.9 cm³/mol. The van der Waals surface area contributed by atoms with Gasteiger partial charge in [-0.2, -0.15) is 0 Å². The topological polar surface area (TPSA) is 9.23 Å². The summed E-state index contributed by atoms with van der Waals surface area (Å²) in [6, 6.07) is 0. The molecule has 0 saturated heterocycles. The van der Waals surface area contributed by atoms with Gasteiger partial charge in [-0.3, -0.25) is 0 Å². The summed E-state index contributed by atoms with van der Waals surface area (Å²) in [7, 11) is 0. The lowest BCUT2D eigenvalue weighted by Crippen LogP contribution is -2.09. The van der Waals surface area contributed by atoms with Crippen molar-refractivity contribution >= 4 is 0 Å². The number of allylic oxidation sites excluding steroid dienone is 3. The Kier molecular flexibility index (Phi) is 1.90. The molecular formula is C10H14O. The monoisotopic (exact) mass is 150 g/mol. The molecule has 1 heteroatoms. The van der Waals surface area contributed by atoms with Gasteiger partial charge in [0.25, 0.3) is 0 Å². The van der Waals surface area contributed by atoms with Gasteiger partial charge in [-0.15, -0.1) is 0 Å². The minimum Gasteiger partial charge on any atom is -0.465 e. The maximum Gasteiger partial charge on any atom is 0.119 e. The smallest absolute Gasteiger partial charge is 0.119 e. The Morgan fingerprint density at radius 1 is 1.27 bits per heavy atom. The van der Waals surface area contributed by atoms with Crippen LogP contribution in [0.5, 0.6) is 0 Å². The molecule has 0 spiro atoms. The minimum absolute atomic E-state index is 0.164. The maximum absolute atomic E-state index is 5.17. The highest BCUT2D eigenvalue weighted by molar-refractivity contribution is 5.30. The number of ether oxygens (including phenoxy) is 1. The molecule has 60 valence electrons. The van der Waals surface area contributed by atoms with Gasteiger partial charge in [0.2, 0.25) is 0 Å². The molecule has 1 nitrogen and oxygen atoms in total. The lowest BCUT2D eigenvalue weighted by molar-refractivity contribution is 0.346. The summed E-state index contributed by atoms with van der Waals surface area (Å²) in [6.45, 7) is 10.1. The standard InChI is InChI=1S/C10H14O/c1-8-5-6-9(7-11-8)10(2,3)4/h5-7H,1H2,2-4H3. The first-order chi connectivity index (χ1) is 5.00. The molecule has 0 amide bonds. The zero-order chi connectivity index (χ0) is 8.48. The van der Waals surface area contributed by atoms with Gasteiger partial charge in [-0.25, -0.2) is 0 Å². The lowest BCUT2D eigenvalue weighted by atomic mass is 9.86. The van der Waals surface area contributed by atoms with Crippen LogP contribution >= 0.6 is 0 Å². The van der Waals surface area contributed by atoms with Crippen LogP contribution in [0.15, 0.2) is 36.3 Å². The van der Waals surface area contributed by atoms with Crippen LogP contribution in [0.2, 0.25) is 0 Å². The third kappa shape index (κ3) is 1.97. The highest BCUT2D eigenvalue weighted by Crippen LogP contribution is 2.28. The molecule has 1 heterocycles. The molecule has 0 saturated carbocycles. The van der Waals surface area contributed by atoms with Gasteiger partial charge >= 0.3 is 0 Å². The summed E-state index contributed by atoms with van der Waals surface area (Å²) in [5.41, 5.74) is 1.36. The van der Waals surface area contributed by atoms with E-state index in [9.17, 15) is 0 Å². The molecule has 1 aliphatic heterocycles. The van der Waals surface area contributed by atoms with Crippen LogP contribution in [0.25, 0.3) is 0 Å². The van der Waals surface area contributed by atoms with Gasteiger partial charge < -0.3 is 4.74 Å². The summed E-state index contributed by atoms with van der Waals surface area (Å²) in [6.07, 6.45) is 5.70. The van der Waals surface area contributed by atoms with E-state index in [0.717, 1.165) is 0 Å². The molecule has 1 rings (SSSR count). The predicted octanol–water partition coefficient (Wildman–Crippen LogP) is 3.02. The Labute approximate surface area is 68.1 Å². The van der Waals surface area contributed by atoms with Crippen molar-refractivity contribution < 1.29 is 4.74 Å². The fourth-order valence-corrected chi connectivity index (χ4v) is 0.827. The summed E-state index contributed by atoms with van der Waals surface area (Å²) in [5.74, 6) is 0.706. The Morgan fingerprint density at radius 3 is 2.27 bits per heavy atom. The van der Waals surface area contributed by atoms with E-state index in [1.165, 1.54) is 5.57 Å². The van der Waals surface area contributed by atoms with E-state index in [1.807, 2.05) is 12.2 Å². The van der Waals surface area contributed by atoms with Crippen LogP contribution < -0.4 is 0 Å². The van der Waals surface area contributed by atoms with Crippen molar-refractivity contribution in [3.63, 3.8) is 0 Å². The van der Waals surface area contributed by atoms with E-state index in [2.05, 4.69) is 27.4 Å². The lowest BCUT2D eigenvalue weighted by Gasteiger charge is -2.22. The van der Waals surface area contributed by atoms with E-state index in [4.69, 9.17) is 4.74 Å². The third-order valence-electron chi connectivity index (χ3n) is 1.65. The van der Waals surface area contributed by atoms with Crippen molar-refractivity contribution in [2.75, 3.05) is 0 Å². The van der Waals surface area contributed by atoms with Gasteiger partial charge in [0.15, 0.2) is 0 Å². The molecule has 0 aromatic rings. The fraction of sp³-hybridized carbons (Fsp3) is 0.400. The van der Waals surface area contributed by atoms with Crippen molar-refractivity contribution in [3.05, 3.63) is 36.3 Å². The second kappa shape index (κ2) is 2.57. The quantitative estimate of drug-likeness (QED) is 0.515. The molecule has 1 aliphatic rings. The van der Waals surface area contributed by atoms with Gasteiger partial charge in [0, 0.05) is 0 Å². The molecule has 11 heavy (non-hydrogen) atoms. The Morgan fingerprint density at radius 2 is 1.91 bits per heavy atom. The average molecular weight is 150 g/mol. The normalized spacial score (nSPS) is 17.7. The first-order valence-electron chi connectivity index (χ1n) is 3.74. The molecule has 0 aromatic carbocycles. The van der Waals surface area contributed by atoms with Crippen LogP contribution in [-0.2, 0) is 4.74 Å². The largest absolute Gasteiger partial charge is 0.465 e. The number of rotatable bonds is 0. The minimum atomic E-state index is 0.164. The van der Waals surface area contributed by atoms with Crippen LogP contribution in [0.1, 0.15) is 20.8 Å². The van der Waals surface area contributed by atoms with Crippen LogP contribution in [-0.4, -0.2) is 0 Å². The van der Waals surface area contributed by atoms with Gasteiger partial charge in [0.05, 0.1) is 6.26 Å². The average Bonchev–Trinajstić information content (AvgIpc) is 1.86. The summed E-state index contributed by atoms with van der Waals surface area (Å²) in [5, 5.41) is 0. The fourth-order valence-electron chi connectivity index (χ4n) is 0.827. The molecule has 0 unspecified atom stereocenters. The Balaban J connectivity index is 2.79. The highest BCUT2D eigenvalue weighted by atomic mass is 16.5. The van der Waals surface area contributed by atoms with E-state index in [0.29, 0.717) is 5.76 Å². The van der Waals surface area contributed by atoms with Crippen molar-refractivity contribution in [1.29, 1.82) is 0 Å². The Hall–Kier alpha value is -0.980. The first-order valence-corrected chi connectivity index (χ1v) is 3.74. The summed E-state index contributed by atoms with van der Waals surface area (Å²) in [4.78, 5) is 0.